The maximum absolute atomic E-state index is 10.6. The molecule has 5 heteroatoms. The minimum absolute atomic E-state index is 0.0148. The summed E-state index contributed by atoms with van der Waals surface area (Å²) in [6, 6.07) is 5.42. The highest BCUT2D eigenvalue weighted by molar-refractivity contribution is 7.99. The zero-order valence-electron chi connectivity index (χ0n) is 8.42. The Morgan fingerprint density at radius 1 is 1.60 bits per heavy atom. The van der Waals surface area contributed by atoms with Crippen molar-refractivity contribution in [2.45, 2.75) is 11.8 Å². The molecule has 0 bridgehead atoms. The molecule has 3 nitrogen and oxygen atoms in total. The Morgan fingerprint density at radius 2 is 2.33 bits per heavy atom. The number of carbonyl (C=O) groups excluding carboxylic acids is 1. The number of halogens is 1. The second-order valence-electron chi connectivity index (χ2n) is 3.02. The second kappa shape index (κ2) is 5.88. The quantitative estimate of drug-likeness (QED) is 0.485. The first-order valence-corrected chi connectivity index (χ1v) is 5.88. The summed E-state index contributed by atoms with van der Waals surface area (Å²) >= 11 is 7.58. The lowest BCUT2D eigenvalue weighted by molar-refractivity contribution is -0.118. The summed E-state index contributed by atoms with van der Waals surface area (Å²) in [5, 5.41) is 3.37. The van der Waals surface area contributed by atoms with E-state index in [9.17, 15) is 4.79 Å². The topological polar surface area (TPSA) is 55.1 Å². The van der Waals surface area contributed by atoms with Crippen molar-refractivity contribution >= 4 is 35.0 Å². The highest BCUT2D eigenvalue weighted by atomic mass is 35.5. The van der Waals surface area contributed by atoms with E-state index in [1.165, 1.54) is 6.92 Å². The van der Waals surface area contributed by atoms with Crippen molar-refractivity contribution in [2.75, 3.05) is 18.0 Å². The van der Waals surface area contributed by atoms with Crippen LogP contribution in [-0.2, 0) is 4.79 Å². The van der Waals surface area contributed by atoms with E-state index in [0.29, 0.717) is 17.3 Å². The maximum atomic E-state index is 10.6. The van der Waals surface area contributed by atoms with E-state index in [0.717, 1.165) is 10.6 Å². The van der Waals surface area contributed by atoms with Gasteiger partial charge in [-0.2, -0.15) is 0 Å². The van der Waals surface area contributed by atoms with Crippen molar-refractivity contribution in [3.05, 3.63) is 23.2 Å². The van der Waals surface area contributed by atoms with Gasteiger partial charge in [0.2, 0.25) is 5.91 Å². The van der Waals surface area contributed by atoms with Crippen molar-refractivity contribution < 1.29 is 4.79 Å². The predicted molar refractivity (Wildman–Crippen MR) is 65.3 cm³/mol. The minimum atomic E-state index is -0.0148. The molecule has 0 saturated heterocycles. The van der Waals surface area contributed by atoms with E-state index >= 15 is 0 Å². The van der Waals surface area contributed by atoms with Gasteiger partial charge in [-0.25, -0.2) is 0 Å². The number of benzene rings is 1. The first kappa shape index (κ1) is 12.2. The maximum Gasteiger partial charge on any atom is 0.216 e. The number of nitrogens with one attached hydrogen (secondary N) is 1. The molecule has 3 N–H and O–H groups in total. The first-order chi connectivity index (χ1) is 7.09. The van der Waals surface area contributed by atoms with Crippen LogP contribution in [0.25, 0.3) is 0 Å². The Morgan fingerprint density at radius 3 is 2.93 bits per heavy atom. The largest absolute Gasteiger partial charge is 0.399 e. The molecule has 1 aromatic rings. The Labute approximate surface area is 98.4 Å². The zero-order chi connectivity index (χ0) is 11.3. The summed E-state index contributed by atoms with van der Waals surface area (Å²) < 4.78 is 0. The molecule has 0 saturated carbocycles. The lowest BCUT2D eigenvalue weighted by Gasteiger charge is -2.05. The molecular weight excluding hydrogens is 232 g/mol. The van der Waals surface area contributed by atoms with E-state index < -0.39 is 0 Å². The number of hydrogen-bond acceptors (Lipinski definition) is 3. The van der Waals surface area contributed by atoms with Crippen molar-refractivity contribution in [1.82, 2.24) is 5.32 Å². The Hall–Kier alpha value is -0.870. The van der Waals surface area contributed by atoms with Crippen LogP contribution < -0.4 is 11.1 Å². The van der Waals surface area contributed by atoms with Crippen LogP contribution in [0.2, 0.25) is 5.02 Å². The van der Waals surface area contributed by atoms with Gasteiger partial charge in [0, 0.05) is 29.8 Å². The third-order valence-corrected chi connectivity index (χ3v) is 3.19. The van der Waals surface area contributed by atoms with E-state index in [4.69, 9.17) is 17.3 Å². The van der Waals surface area contributed by atoms with Gasteiger partial charge in [0.25, 0.3) is 0 Å². The second-order valence-corrected chi connectivity index (χ2v) is 4.57. The molecule has 0 heterocycles. The third-order valence-electron chi connectivity index (χ3n) is 1.69. The number of nitrogens with two attached hydrogens (primary N) is 1. The van der Waals surface area contributed by atoms with Crippen molar-refractivity contribution in [3.63, 3.8) is 0 Å². The Kier molecular flexibility index (Phi) is 4.78. The average Bonchev–Trinajstić information content (AvgIpc) is 2.14. The zero-order valence-corrected chi connectivity index (χ0v) is 9.99. The molecule has 0 fully saturated rings. The van der Waals surface area contributed by atoms with E-state index in [1.54, 1.807) is 17.8 Å². The van der Waals surface area contributed by atoms with Crippen LogP contribution in [0, 0.1) is 0 Å². The summed E-state index contributed by atoms with van der Waals surface area (Å²) in [6.07, 6.45) is 0. The standard InChI is InChI=1S/C10H13ClN2OS/c1-7(14)13-4-5-15-10-3-2-8(12)6-9(10)11/h2-3,6H,4-5,12H2,1H3,(H,13,14). The van der Waals surface area contributed by atoms with Gasteiger partial charge < -0.3 is 11.1 Å². The van der Waals surface area contributed by atoms with Gasteiger partial charge in [0.1, 0.15) is 0 Å². The van der Waals surface area contributed by atoms with Gasteiger partial charge in [0.15, 0.2) is 0 Å². The summed E-state index contributed by atoms with van der Waals surface area (Å²) in [6.45, 7) is 2.14. The van der Waals surface area contributed by atoms with Crippen molar-refractivity contribution in [1.29, 1.82) is 0 Å². The van der Waals surface area contributed by atoms with E-state index in [1.807, 2.05) is 12.1 Å². The van der Waals surface area contributed by atoms with Crippen LogP contribution in [0.3, 0.4) is 0 Å². The molecule has 15 heavy (non-hydrogen) atoms. The Balaban J connectivity index is 2.40. The van der Waals surface area contributed by atoms with Crippen molar-refractivity contribution in [3.8, 4) is 0 Å². The third kappa shape index (κ3) is 4.44. The Bertz CT molecular complexity index is 357. The summed E-state index contributed by atoms with van der Waals surface area (Å²) in [7, 11) is 0. The van der Waals surface area contributed by atoms with Gasteiger partial charge in [-0.15, -0.1) is 11.8 Å². The van der Waals surface area contributed by atoms with Crippen LogP contribution in [0.1, 0.15) is 6.92 Å². The van der Waals surface area contributed by atoms with E-state index in [-0.39, 0.29) is 5.91 Å². The van der Waals surface area contributed by atoms with Gasteiger partial charge in [0.05, 0.1) is 5.02 Å². The lowest BCUT2D eigenvalue weighted by Crippen LogP contribution is -2.22. The number of rotatable bonds is 4. The molecule has 0 unspecified atom stereocenters. The smallest absolute Gasteiger partial charge is 0.216 e. The summed E-state index contributed by atoms with van der Waals surface area (Å²) in [5.41, 5.74) is 6.23. The van der Waals surface area contributed by atoms with Gasteiger partial charge in [-0.1, -0.05) is 11.6 Å². The fourth-order valence-corrected chi connectivity index (χ4v) is 2.16. The van der Waals surface area contributed by atoms with Crippen LogP contribution in [0.15, 0.2) is 23.1 Å². The molecule has 0 aromatic heterocycles. The number of amides is 1. The van der Waals surface area contributed by atoms with Crippen LogP contribution in [0.4, 0.5) is 5.69 Å². The SMILES string of the molecule is CC(=O)NCCSc1ccc(N)cc1Cl. The molecule has 0 radical (unpaired) electrons. The molecule has 1 amide bonds. The molecule has 0 aliphatic rings. The fourth-order valence-electron chi connectivity index (χ4n) is 1.02. The number of carbonyl (C=O) groups is 1. The minimum Gasteiger partial charge on any atom is -0.399 e. The predicted octanol–water partition coefficient (Wildman–Crippen LogP) is 2.15. The lowest BCUT2D eigenvalue weighted by atomic mass is 10.3. The molecule has 1 rings (SSSR count). The fraction of sp³-hybridized carbons (Fsp3) is 0.300. The highest BCUT2D eigenvalue weighted by Gasteiger charge is 2.01. The summed E-state index contributed by atoms with van der Waals surface area (Å²) in [4.78, 5) is 11.6. The first-order valence-electron chi connectivity index (χ1n) is 4.52. The van der Waals surface area contributed by atoms with Gasteiger partial charge >= 0.3 is 0 Å². The molecule has 0 atom stereocenters. The molecule has 0 aliphatic carbocycles. The number of anilines is 1. The summed E-state index contributed by atoms with van der Waals surface area (Å²) in [5.74, 6) is 0.780. The van der Waals surface area contributed by atoms with Crippen LogP contribution >= 0.6 is 23.4 Å². The van der Waals surface area contributed by atoms with Crippen LogP contribution in [0.5, 0.6) is 0 Å². The average molecular weight is 245 g/mol. The monoisotopic (exact) mass is 244 g/mol. The molecule has 1 aromatic carbocycles. The van der Waals surface area contributed by atoms with Gasteiger partial charge in [-0.05, 0) is 18.2 Å². The van der Waals surface area contributed by atoms with Crippen molar-refractivity contribution in [2.24, 2.45) is 0 Å². The highest BCUT2D eigenvalue weighted by Crippen LogP contribution is 2.28. The molecular formula is C10H13ClN2OS. The normalized spacial score (nSPS) is 10.0. The molecule has 0 spiro atoms. The number of nitrogen functional groups attached to an aromatic ring is 1. The van der Waals surface area contributed by atoms with Crippen LogP contribution in [-0.4, -0.2) is 18.2 Å². The number of hydrogen-bond donors (Lipinski definition) is 2. The van der Waals surface area contributed by atoms with Gasteiger partial charge in [-0.3, -0.25) is 4.79 Å². The number of thioether (sulfide) groups is 1. The van der Waals surface area contributed by atoms with E-state index in [2.05, 4.69) is 5.32 Å². The molecule has 82 valence electrons. The molecule has 0 aliphatic heterocycles.